The molecule has 1 aliphatic rings. The average molecular weight is 453 g/mol. The number of halogens is 5. The van der Waals surface area contributed by atoms with Gasteiger partial charge in [-0.15, -0.1) is 0 Å². The van der Waals surface area contributed by atoms with Crippen LogP contribution < -0.4 is 5.32 Å². The molecule has 1 N–H and O–H groups in total. The third-order valence-electron chi connectivity index (χ3n) is 4.54. The average Bonchev–Trinajstić information content (AvgIpc) is 3.52. The summed E-state index contributed by atoms with van der Waals surface area (Å²) in [6, 6.07) is 6.41. The van der Waals surface area contributed by atoms with Gasteiger partial charge in [0.2, 0.25) is 0 Å². The highest BCUT2D eigenvalue weighted by atomic mass is 35.5. The Kier molecular flexibility index (Phi) is 6.74. The Labute approximate surface area is 182 Å². The quantitative estimate of drug-likeness (QED) is 0.585. The number of aromatic nitrogens is 1. The summed E-state index contributed by atoms with van der Waals surface area (Å²) in [7, 11) is 0. The second kappa shape index (κ2) is 9.11. The van der Waals surface area contributed by atoms with Crippen LogP contribution in [0.4, 0.5) is 13.2 Å². The Hall–Kier alpha value is -2.49. The zero-order valence-electron chi connectivity index (χ0n) is 15.9. The Morgan fingerprint density at radius 1 is 1.33 bits per heavy atom. The van der Waals surface area contributed by atoms with Crippen LogP contribution in [0.3, 0.4) is 0 Å². The van der Waals surface area contributed by atoms with E-state index < -0.39 is 29.4 Å². The summed E-state index contributed by atoms with van der Waals surface area (Å²) in [6.45, 7) is 1.60. The molecule has 1 fully saturated rings. The van der Waals surface area contributed by atoms with Gasteiger partial charge in [-0.2, -0.15) is 13.2 Å². The van der Waals surface area contributed by atoms with Crippen molar-refractivity contribution in [3.8, 4) is 11.8 Å². The molecule has 30 heavy (non-hydrogen) atoms. The van der Waals surface area contributed by atoms with Crippen molar-refractivity contribution in [3.63, 3.8) is 0 Å². The van der Waals surface area contributed by atoms with Crippen LogP contribution in [-0.4, -0.2) is 16.9 Å². The smallest absolute Gasteiger partial charge is 0.344 e. The molecule has 1 atom stereocenters. The molecule has 3 nitrogen and oxygen atoms in total. The van der Waals surface area contributed by atoms with Crippen molar-refractivity contribution >= 4 is 34.7 Å². The van der Waals surface area contributed by atoms with Crippen molar-refractivity contribution in [3.05, 3.63) is 69.5 Å². The summed E-state index contributed by atoms with van der Waals surface area (Å²) < 4.78 is 39.5. The maximum Gasteiger partial charge on any atom is 0.418 e. The van der Waals surface area contributed by atoms with E-state index in [0.29, 0.717) is 22.1 Å². The van der Waals surface area contributed by atoms with Crippen LogP contribution >= 0.6 is 23.2 Å². The van der Waals surface area contributed by atoms with Gasteiger partial charge in [-0.05, 0) is 55.2 Å². The highest BCUT2D eigenvalue weighted by Gasteiger charge is 2.36. The minimum Gasteiger partial charge on any atom is -0.344 e. The van der Waals surface area contributed by atoms with Gasteiger partial charge < -0.3 is 5.32 Å². The van der Waals surface area contributed by atoms with Crippen LogP contribution in [0.15, 0.2) is 42.1 Å². The molecule has 1 aromatic heterocycles. The fourth-order valence-corrected chi connectivity index (χ4v) is 3.38. The van der Waals surface area contributed by atoms with E-state index in [4.69, 9.17) is 23.2 Å². The minimum atomic E-state index is -4.70. The number of hydrogen-bond donors (Lipinski definition) is 1. The lowest BCUT2D eigenvalue weighted by atomic mass is 9.99. The molecule has 0 radical (unpaired) electrons. The summed E-state index contributed by atoms with van der Waals surface area (Å²) in [5, 5.41) is 2.88. The molecule has 0 bridgehead atoms. The number of amides is 1. The Balaban J connectivity index is 1.80. The van der Waals surface area contributed by atoms with Crippen molar-refractivity contribution in [2.24, 2.45) is 5.92 Å². The summed E-state index contributed by atoms with van der Waals surface area (Å²) in [5.41, 5.74) is 1.18. The SMILES string of the molecule is CC(NC(=O)c1ncccc1C(F)(F)F)/C(=C/Cl)c1ccc(C#CC2CC2)cc1Cl. The van der Waals surface area contributed by atoms with E-state index in [-0.39, 0.29) is 0 Å². The molecule has 1 saturated carbocycles. The van der Waals surface area contributed by atoms with E-state index in [1.165, 1.54) is 5.54 Å². The summed E-state index contributed by atoms with van der Waals surface area (Å²) in [5.74, 6) is 5.69. The minimum absolute atomic E-state index is 0.374. The Bertz CT molecular complexity index is 1050. The van der Waals surface area contributed by atoms with Gasteiger partial charge in [0.1, 0.15) is 5.69 Å². The highest BCUT2D eigenvalue weighted by Crippen LogP contribution is 2.32. The first-order valence-corrected chi connectivity index (χ1v) is 9.97. The van der Waals surface area contributed by atoms with Gasteiger partial charge in [0.05, 0.1) is 11.6 Å². The van der Waals surface area contributed by atoms with Crippen LogP contribution in [-0.2, 0) is 6.18 Å². The lowest BCUT2D eigenvalue weighted by molar-refractivity contribution is -0.138. The van der Waals surface area contributed by atoms with Crippen LogP contribution in [0.25, 0.3) is 5.57 Å². The number of hydrogen-bond acceptors (Lipinski definition) is 2. The molecule has 1 amide bonds. The highest BCUT2D eigenvalue weighted by molar-refractivity contribution is 6.34. The Morgan fingerprint density at radius 2 is 2.07 bits per heavy atom. The molecule has 3 rings (SSSR count). The standard InChI is InChI=1S/C22H17Cl2F3N2O/c1-13(29-21(30)20-18(22(25,26)27)3-2-10-28-20)17(12-23)16-9-8-15(11-19(16)24)7-6-14-4-5-14/h2-3,8-14H,4-5H2,1H3,(H,29,30)/b17-12-. The number of benzene rings is 1. The van der Waals surface area contributed by atoms with E-state index in [1.807, 2.05) is 0 Å². The molecular weight excluding hydrogens is 436 g/mol. The molecule has 0 aliphatic heterocycles. The zero-order chi connectivity index (χ0) is 21.9. The first-order valence-electron chi connectivity index (χ1n) is 9.15. The molecule has 156 valence electrons. The van der Waals surface area contributed by atoms with E-state index in [9.17, 15) is 18.0 Å². The first kappa shape index (κ1) is 22.2. The lowest BCUT2D eigenvalue weighted by Gasteiger charge is -2.19. The lowest BCUT2D eigenvalue weighted by Crippen LogP contribution is -2.35. The number of rotatable bonds is 4. The molecule has 2 aromatic rings. The fraction of sp³-hybridized carbons (Fsp3) is 0.273. The van der Waals surface area contributed by atoms with Crippen LogP contribution in [0.1, 0.15) is 46.9 Å². The number of nitrogens with one attached hydrogen (secondary N) is 1. The molecule has 8 heteroatoms. The molecule has 1 heterocycles. The second-order valence-electron chi connectivity index (χ2n) is 6.90. The summed E-state index contributed by atoms with van der Waals surface area (Å²) in [6.07, 6.45) is -1.34. The third-order valence-corrected chi connectivity index (χ3v) is 5.09. The number of alkyl halides is 3. The van der Waals surface area contributed by atoms with E-state index >= 15 is 0 Å². The van der Waals surface area contributed by atoms with Crippen molar-refractivity contribution < 1.29 is 18.0 Å². The van der Waals surface area contributed by atoms with Crippen molar-refractivity contribution in [1.29, 1.82) is 0 Å². The van der Waals surface area contributed by atoms with Gasteiger partial charge in [-0.25, -0.2) is 0 Å². The van der Waals surface area contributed by atoms with Crippen molar-refractivity contribution in [2.75, 3.05) is 0 Å². The predicted octanol–water partition coefficient (Wildman–Crippen LogP) is 5.91. The van der Waals surface area contributed by atoms with Gasteiger partial charge in [0.15, 0.2) is 0 Å². The number of carbonyl (C=O) groups is 1. The first-order chi connectivity index (χ1) is 14.2. The third kappa shape index (κ3) is 5.35. The number of pyridine rings is 1. The van der Waals surface area contributed by atoms with Gasteiger partial charge in [0.25, 0.3) is 5.91 Å². The largest absolute Gasteiger partial charge is 0.418 e. The van der Waals surface area contributed by atoms with Gasteiger partial charge >= 0.3 is 6.18 Å². The number of carbonyl (C=O) groups excluding carboxylic acids is 1. The van der Waals surface area contributed by atoms with E-state index in [0.717, 1.165) is 36.7 Å². The topological polar surface area (TPSA) is 42.0 Å². The molecule has 0 saturated heterocycles. The maximum absolute atomic E-state index is 13.2. The predicted molar refractivity (Wildman–Crippen MR) is 111 cm³/mol. The van der Waals surface area contributed by atoms with Gasteiger partial charge in [-0.1, -0.05) is 41.1 Å². The van der Waals surface area contributed by atoms with Crippen LogP contribution in [0.2, 0.25) is 5.02 Å². The monoisotopic (exact) mass is 452 g/mol. The molecule has 1 aliphatic carbocycles. The fourth-order valence-electron chi connectivity index (χ4n) is 2.78. The van der Waals surface area contributed by atoms with Crippen LogP contribution in [0, 0.1) is 17.8 Å². The maximum atomic E-state index is 13.2. The second-order valence-corrected chi connectivity index (χ2v) is 7.52. The normalized spacial score (nSPS) is 15.2. The molecule has 1 aromatic carbocycles. The summed E-state index contributed by atoms with van der Waals surface area (Å²) in [4.78, 5) is 16.1. The molecule has 1 unspecified atom stereocenters. The molecule has 0 spiro atoms. The summed E-state index contributed by atoms with van der Waals surface area (Å²) >= 11 is 12.3. The zero-order valence-corrected chi connectivity index (χ0v) is 17.4. The van der Waals surface area contributed by atoms with Gasteiger partial charge in [-0.3, -0.25) is 9.78 Å². The van der Waals surface area contributed by atoms with E-state index in [1.54, 1.807) is 25.1 Å². The Morgan fingerprint density at radius 3 is 2.67 bits per heavy atom. The van der Waals surface area contributed by atoms with Gasteiger partial charge in [0, 0.05) is 28.2 Å². The van der Waals surface area contributed by atoms with E-state index in [2.05, 4.69) is 22.1 Å². The van der Waals surface area contributed by atoms with Crippen LogP contribution in [0.5, 0.6) is 0 Å². The number of nitrogens with zero attached hydrogens (tertiary/aromatic N) is 1. The van der Waals surface area contributed by atoms with Crippen molar-refractivity contribution in [1.82, 2.24) is 10.3 Å². The molecular formula is C22H17Cl2F3N2O. The van der Waals surface area contributed by atoms with Crippen molar-refractivity contribution in [2.45, 2.75) is 32.0 Å².